The highest BCUT2D eigenvalue weighted by atomic mass is 19.4. The molecule has 2 aromatic heterocycles. The Hall–Kier alpha value is -4.58. The second kappa shape index (κ2) is 10.2. The van der Waals surface area contributed by atoms with Crippen LogP contribution in [-0.2, 0) is 15.7 Å². The number of fused-ring (bicyclic) bond motifs is 1. The summed E-state index contributed by atoms with van der Waals surface area (Å²) >= 11 is 0. The SMILES string of the molecule is CO[C@H]1C[C@H](c2cc(C(F)(F)F)cnc2-c2nnc(N[C@@H]3N=C(c4ccccc4)c4ccccc4NC3=O)o2)C1. The lowest BCUT2D eigenvalue weighted by molar-refractivity contribution is -0.137. The van der Waals surface area contributed by atoms with E-state index < -0.39 is 23.8 Å². The molecule has 2 aliphatic rings. The maximum Gasteiger partial charge on any atom is 0.417 e. The zero-order chi connectivity index (χ0) is 27.9. The lowest BCUT2D eigenvalue weighted by Gasteiger charge is -2.35. The third kappa shape index (κ3) is 4.93. The van der Waals surface area contributed by atoms with Crippen LogP contribution in [0.1, 0.15) is 41.0 Å². The van der Waals surface area contributed by atoms with E-state index >= 15 is 0 Å². The number of rotatable bonds is 6. The molecule has 3 heterocycles. The van der Waals surface area contributed by atoms with Crippen molar-refractivity contribution in [1.82, 2.24) is 15.2 Å². The number of aromatic nitrogens is 3. The molecule has 12 heteroatoms. The van der Waals surface area contributed by atoms with Gasteiger partial charge in [-0.05, 0) is 36.5 Å². The van der Waals surface area contributed by atoms with Crippen LogP contribution in [0.2, 0.25) is 0 Å². The maximum absolute atomic E-state index is 13.4. The molecule has 1 saturated carbocycles. The Morgan fingerprint density at radius 2 is 1.80 bits per heavy atom. The number of methoxy groups -OCH3 is 1. The lowest BCUT2D eigenvalue weighted by Crippen LogP contribution is -2.32. The summed E-state index contributed by atoms with van der Waals surface area (Å²) in [6.45, 7) is 0. The van der Waals surface area contributed by atoms with E-state index in [1.807, 2.05) is 48.5 Å². The Morgan fingerprint density at radius 1 is 1.05 bits per heavy atom. The summed E-state index contributed by atoms with van der Waals surface area (Å²) in [4.78, 5) is 21.8. The third-order valence-corrected chi connectivity index (χ3v) is 6.99. The Balaban J connectivity index is 1.32. The highest BCUT2D eigenvalue weighted by Gasteiger charge is 2.37. The molecule has 0 radical (unpaired) electrons. The number of amides is 1. The summed E-state index contributed by atoms with van der Waals surface area (Å²) in [6.07, 6.45) is -3.89. The number of pyridine rings is 1. The zero-order valence-corrected chi connectivity index (χ0v) is 21.1. The van der Waals surface area contributed by atoms with Crippen molar-refractivity contribution in [3.05, 3.63) is 89.1 Å². The summed E-state index contributed by atoms with van der Waals surface area (Å²) in [5.41, 5.74) is 2.37. The molecule has 204 valence electrons. The molecule has 1 amide bonds. The van der Waals surface area contributed by atoms with Gasteiger partial charge in [0.05, 0.1) is 23.1 Å². The van der Waals surface area contributed by atoms with Gasteiger partial charge in [0.1, 0.15) is 5.69 Å². The number of aliphatic imine (C=N–C) groups is 1. The van der Waals surface area contributed by atoms with Gasteiger partial charge in [0.25, 0.3) is 11.8 Å². The second-order valence-corrected chi connectivity index (χ2v) is 9.52. The van der Waals surface area contributed by atoms with Gasteiger partial charge >= 0.3 is 12.2 Å². The molecule has 1 aliphatic heterocycles. The first-order valence-electron chi connectivity index (χ1n) is 12.5. The number of halogens is 3. The summed E-state index contributed by atoms with van der Waals surface area (Å²) in [5, 5.41) is 13.7. The fourth-order valence-electron chi connectivity index (χ4n) is 4.81. The molecule has 0 bridgehead atoms. The minimum Gasteiger partial charge on any atom is -0.402 e. The van der Waals surface area contributed by atoms with Crippen LogP contribution in [0.4, 0.5) is 24.9 Å². The number of benzene rings is 2. The average Bonchev–Trinajstić information content (AvgIpc) is 3.33. The van der Waals surface area contributed by atoms with Gasteiger partial charge in [0, 0.05) is 24.4 Å². The molecule has 1 atom stereocenters. The predicted molar refractivity (Wildman–Crippen MR) is 140 cm³/mol. The van der Waals surface area contributed by atoms with Crippen molar-refractivity contribution < 1.29 is 27.1 Å². The molecule has 0 spiro atoms. The minimum absolute atomic E-state index is 0.0400. The van der Waals surface area contributed by atoms with Gasteiger partial charge < -0.3 is 19.8 Å². The van der Waals surface area contributed by atoms with Crippen molar-refractivity contribution in [2.75, 3.05) is 17.7 Å². The first-order valence-corrected chi connectivity index (χ1v) is 12.5. The fraction of sp³-hybridized carbons (Fsp3) is 0.250. The minimum atomic E-state index is -4.55. The van der Waals surface area contributed by atoms with E-state index in [4.69, 9.17) is 9.15 Å². The second-order valence-electron chi connectivity index (χ2n) is 9.52. The molecule has 4 aromatic rings. The largest absolute Gasteiger partial charge is 0.417 e. The van der Waals surface area contributed by atoms with E-state index in [2.05, 4.69) is 30.8 Å². The maximum atomic E-state index is 13.4. The van der Waals surface area contributed by atoms with Gasteiger partial charge in [-0.3, -0.25) is 9.78 Å². The van der Waals surface area contributed by atoms with Crippen LogP contribution in [-0.4, -0.2) is 46.2 Å². The molecule has 6 rings (SSSR count). The number of benzodiazepines with no additional fused rings is 1. The van der Waals surface area contributed by atoms with Crippen LogP contribution in [0.3, 0.4) is 0 Å². The number of para-hydroxylation sites is 1. The molecule has 2 aromatic carbocycles. The van der Waals surface area contributed by atoms with E-state index in [1.165, 1.54) is 0 Å². The number of hydrogen-bond acceptors (Lipinski definition) is 8. The molecule has 1 aliphatic carbocycles. The Bertz CT molecular complexity index is 1580. The van der Waals surface area contributed by atoms with E-state index in [0.717, 1.165) is 23.4 Å². The van der Waals surface area contributed by atoms with Crippen molar-refractivity contribution >= 4 is 23.3 Å². The van der Waals surface area contributed by atoms with E-state index in [1.54, 1.807) is 13.2 Å². The Morgan fingerprint density at radius 3 is 2.55 bits per heavy atom. The number of carbonyl (C=O) groups is 1. The first-order chi connectivity index (χ1) is 19.3. The summed E-state index contributed by atoms with van der Waals surface area (Å²) < 4.78 is 51.4. The Labute approximate surface area is 226 Å². The molecule has 0 saturated heterocycles. The van der Waals surface area contributed by atoms with Crippen LogP contribution in [0.5, 0.6) is 0 Å². The number of carbonyl (C=O) groups excluding carboxylic acids is 1. The van der Waals surface area contributed by atoms with Crippen LogP contribution in [0, 0.1) is 0 Å². The van der Waals surface area contributed by atoms with Gasteiger partial charge in [-0.15, -0.1) is 5.10 Å². The number of alkyl halides is 3. The standard InChI is InChI=1S/C28H23F3N6O3/c1-39-18-11-16(12-18)20-13-17(28(29,30)31)14-32-23(20)26-36-37-27(40-26)35-24-25(38)33-21-10-6-5-9-19(21)22(34-24)15-7-3-2-4-8-15/h2-10,13-14,16,18,24H,11-12H2,1H3,(H,33,38)(H,35,37)/t16-,18-,24-/m0/s1. The lowest BCUT2D eigenvalue weighted by atomic mass is 9.76. The zero-order valence-electron chi connectivity index (χ0n) is 21.1. The number of anilines is 2. The normalized spacial score (nSPS) is 20.6. The topological polar surface area (TPSA) is 115 Å². The predicted octanol–water partition coefficient (Wildman–Crippen LogP) is 5.27. The van der Waals surface area contributed by atoms with Gasteiger partial charge in [-0.2, -0.15) is 13.2 Å². The monoisotopic (exact) mass is 548 g/mol. The van der Waals surface area contributed by atoms with Crippen molar-refractivity contribution in [1.29, 1.82) is 0 Å². The molecule has 0 unspecified atom stereocenters. The van der Waals surface area contributed by atoms with E-state index in [-0.39, 0.29) is 29.6 Å². The van der Waals surface area contributed by atoms with E-state index in [9.17, 15) is 18.0 Å². The molecular weight excluding hydrogens is 525 g/mol. The summed E-state index contributed by atoms with van der Waals surface area (Å²) in [6, 6.07) is 17.7. The molecule has 9 nitrogen and oxygen atoms in total. The quantitative estimate of drug-likeness (QED) is 0.337. The summed E-state index contributed by atoms with van der Waals surface area (Å²) in [5.74, 6) is -0.731. The Kier molecular flexibility index (Phi) is 6.54. The van der Waals surface area contributed by atoms with Crippen LogP contribution >= 0.6 is 0 Å². The number of hydrogen-bond donors (Lipinski definition) is 2. The van der Waals surface area contributed by atoms with Gasteiger partial charge in [-0.25, -0.2) is 4.99 Å². The van der Waals surface area contributed by atoms with Crippen LogP contribution in [0.15, 0.2) is 76.3 Å². The van der Waals surface area contributed by atoms with Crippen molar-refractivity contribution in [3.8, 4) is 11.6 Å². The average molecular weight is 549 g/mol. The van der Waals surface area contributed by atoms with Gasteiger partial charge in [-0.1, -0.05) is 53.6 Å². The van der Waals surface area contributed by atoms with E-state index in [0.29, 0.717) is 29.8 Å². The van der Waals surface area contributed by atoms with Crippen molar-refractivity contribution in [2.45, 2.75) is 37.2 Å². The smallest absolute Gasteiger partial charge is 0.402 e. The van der Waals surface area contributed by atoms with Gasteiger partial charge in [0.2, 0.25) is 6.17 Å². The molecule has 1 fully saturated rings. The fourth-order valence-corrected chi connectivity index (χ4v) is 4.81. The highest BCUT2D eigenvalue weighted by molar-refractivity contribution is 6.19. The number of ether oxygens (including phenoxy) is 1. The van der Waals surface area contributed by atoms with Crippen molar-refractivity contribution in [3.63, 3.8) is 0 Å². The van der Waals surface area contributed by atoms with Crippen LogP contribution < -0.4 is 10.6 Å². The molecule has 2 N–H and O–H groups in total. The van der Waals surface area contributed by atoms with Crippen LogP contribution in [0.25, 0.3) is 11.6 Å². The summed E-state index contributed by atoms with van der Waals surface area (Å²) in [7, 11) is 1.57. The van der Waals surface area contributed by atoms with Gasteiger partial charge in [0.15, 0.2) is 0 Å². The first kappa shape index (κ1) is 25.7. The third-order valence-electron chi connectivity index (χ3n) is 6.99. The van der Waals surface area contributed by atoms with Crippen molar-refractivity contribution in [2.24, 2.45) is 4.99 Å². The number of nitrogens with zero attached hydrogens (tertiary/aromatic N) is 4. The molecule has 40 heavy (non-hydrogen) atoms. The highest BCUT2D eigenvalue weighted by Crippen LogP contribution is 2.43. The molecular formula is C28H23F3N6O3. The number of nitrogens with one attached hydrogen (secondary N) is 2.